The minimum atomic E-state index is -3.54. The van der Waals surface area contributed by atoms with E-state index >= 15 is 0 Å². The first-order valence-corrected chi connectivity index (χ1v) is 11.4. The van der Waals surface area contributed by atoms with E-state index in [-0.39, 0.29) is 24.8 Å². The van der Waals surface area contributed by atoms with Gasteiger partial charge in [0.25, 0.3) is 0 Å². The molecule has 0 aromatic heterocycles. The molecule has 1 amide bonds. The largest absolute Gasteiger partial charge is 0.366 e. The number of carbonyl (C=O) groups excluding carboxylic acids is 1. The maximum absolute atomic E-state index is 14.0. The Morgan fingerprint density at radius 3 is 2.24 bits per heavy atom. The third kappa shape index (κ3) is 5.55. The zero-order valence-electron chi connectivity index (χ0n) is 16.7. The topological polar surface area (TPSA) is 60.9 Å². The van der Waals surface area contributed by atoms with Crippen molar-refractivity contribution < 1.29 is 17.6 Å². The number of sulfonamides is 1. The number of piperazine rings is 1. The van der Waals surface area contributed by atoms with Crippen molar-refractivity contribution in [3.8, 4) is 0 Å². The molecule has 156 valence electrons. The molecule has 0 spiro atoms. The van der Waals surface area contributed by atoms with E-state index in [0.717, 1.165) is 17.4 Å². The van der Waals surface area contributed by atoms with Crippen LogP contribution in [-0.2, 0) is 21.4 Å². The summed E-state index contributed by atoms with van der Waals surface area (Å²) >= 11 is 0. The number of para-hydroxylation sites is 1. The molecule has 1 aliphatic heterocycles. The number of anilines is 1. The third-order valence-corrected chi connectivity index (χ3v) is 6.28. The van der Waals surface area contributed by atoms with E-state index in [2.05, 4.69) is 0 Å². The van der Waals surface area contributed by atoms with Gasteiger partial charge in [0.1, 0.15) is 5.82 Å². The highest BCUT2D eigenvalue weighted by molar-refractivity contribution is 7.88. The highest BCUT2D eigenvalue weighted by Gasteiger charge is 2.27. The Labute approximate surface area is 171 Å². The van der Waals surface area contributed by atoms with E-state index in [4.69, 9.17) is 0 Å². The minimum absolute atomic E-state index is 0.153. The zero-order chi connectivity index (χ0) is 21.0. The monoisotopic (exact) mass is 419 g/mol. The molecule has 1 fully saturated rings. The smallest absolute Gasteiger partial charge is 0.238 e. The zero-order valence-corrected chi connectivity index (χ0v) is 17.5. The van der Waals surface area contributed by atoms with Crippen molar-refractivity contribution in [2.75, 3.05) is 43.9 Å². The highest BCUT2D eigenvalue weighted by Crippen LogP contribution is 2.20. The van der Waals surface area contributed by atoms with E-state index in [9.17, 15) is 17.6 Å². The summed E-state index contributed by atoms with van der Waals surface area (Å²) in [5.41, 5.74) is 2.44. The molecule has 8 heteroatoms. The first-order valence-electron chi connectivity index (χ1n) is 9.52. The lowest BCUT2D eigenvalue weighted by Crippen LogP contribution is -2.51. The lowest BCUT2D eigenvalue weighted by atomic mass is 10.1. The number of amides is 1. The van der Waals surface area contributed by atoms with Gasteiger partial charge in [-0.15, -0.1) is 0 Å². The van der Waals surface area contributed by atoms with Crippen LogP contribution in [0.4, 0.5) is 10.1 Å². The summed E-state index contributed by atoms with van der Waals surface area (Å²) in [5.74, 6) is -0.524. The maximum Gasteiger partial charge on any atom is 0.238 e. The van der Waals surface area contributed by atoms with Gasteiger partial charge < -0.3 is 9.80 Å². The summed E-state index contributed by atoms with van der Waals surface area (Å²) in [5, 5.41) is 0. The first-order chi connectivity index (χ1) is 13.7. The molecule has 0 radical (unpaired) electrons. The van der Waals surface area contributed by atoms with E-state index in [1.165, 1.54) is 10.4 Å². The molecule has 2 aromatic rings. The van der Waals surface area contributed by atoms with E-state index in [0.29, 0.717) is 31.9 Å². The molecule has 0 saturated carbocycles. The summed E-state index contributed by atoms with van der Waals surface area (Å²) in [4.78, 5) is 16.3. The van der Waals surface area contributed by atoms with Crippen LogP contribution in [-0.4, -0.2) is 62.5 Å². The third-order valence-electron chi connectivity index (χ3n) is 5.09. The lowest BCUT2D eigenvalue weighted by Gasteiger charge is -2.37. The molecule has 0 bridgehead atoms. The Morgan fingerprint density at radius 1 is 1.03 bits per heavy atom. The van der Waals surface area contributed by atoms with Crippen molar-refractivity contribution in [3.05, 3.63) is 65.5 Å². The molecular formula is C21H26FN3O3S. The van der Waals surface area contributed by atoms with Gasteiger partial charge in [0, 0.05) is 32.7 Å². The van der Waals surface area contributed by atoms with Crippen LogP contribution in [0, 0.1) is 12.7 Å². The normalized spacial score (nSPS) is 15.0. The van der Waals surface area contributed by atoms with Crippen LogP contribution < -0.4 is 4.90 Å². The van der Waals surface area contributed by atoms with Crippen molar-refractivity contribution in [3.63, 3.8) is 0 Å². The molecule has 6 nitrogen and oxygen atoms in total. The molecule has 1 aliphatic rings. The summed E-state index contributed by atoms with van der Waals surface area (Å²) in [7, 11) is -3.54. The van der Waals surface area contributed by atoms with Crippen LogP contribution in [0.5, 0.6) is 0 Å². The number of carbonyl (C=O) groups is 1. The molecule has 0 atom stereocenters. The fourth-order valence-electron chi connectivity index (χ4n) is 3.34. The summed E-state index contributed by atoms with van der Waals surface area (Å²) in [6.07, 6.45) is 1.12. The summed E-state index contributed by atoms with van der Waals surface area (Å²) in [6.45, 7) is 3.77. The van der Waals surface area contributed by atoms with Gasteiger partial charge in [0.15, 0.2) is 0 Å². The van der Waals surface area contributed by atoms with Gasteiger partial charge in [0.2, 0.25) is 15.9 Å². The fourth-order valence-corrected chi connectivity index (χ4v) is 4.07. The maximum atomic E-state index is 14.0. The van der Waals surface area contributed by atoms with Crippen LogP contribution in [0.15, 0.2) is 48.5 Å². The first kappa shape index (κ1) is 21.3. The summed E-state index contributed by atoms with van der Waals surface area (Å²) in [6, 6.07) is 14.1. The average molecular weight is 420 g/mol. The molecule has 29 heavy (non-hydrogen) atoms. The molecule has 0 N–H and O–H groups in total. The van der Waals surface area contributed by atoms with E-state index < -0.39 is 10.0 Å². The highest BCUT2D eigenvalue weighted by atomic mass is 32.2. The van der Waals surface area contributed by atoms with Crippen LogP contribution in [0.3, 0.4) is 0 Å². The molecule has 1 saturated heterocycles. The Morgan fingerprint density at radius 2 is 1.66 bits per heavy atom. The van der Waals surface area contributed by atoms with Gasteiger partial charge in [-0.25, -0.2) is 12.8 Å². The second-order valence-electron chi connectivity index (χ2n) is 7.34. The average Bonchev–Trinajstić information content (AvgIpc) is 2.69. The van der Waals surface area contributed by atoms with Crippen molar-refractivity contribution in [2.45, 2.75) is 13.5 Å². The number of nitrogens with zero attached hydrogens (tertiary/aromatic N) is 3. The predicted octanol–water partition coefficient (Wildman–Crippen LogP) is 2.24. The van der Waals surface area contributed by atoms with E-state index in [1.807, 2.05) is 36.1 Å². The van der Waals surface area contributed by atoms with Gasteiger partial charge in [-0.3, -0.25) is 4.79 Å². The number of hydrogen-bond donors (Lipinski definition) is 0. The van der Waals surface area contributed by atoms with Gasteiger partial charge in [-0.05, 0) is 24.6 Å². The molecule has 0 aliphatic carbocycles. The molecule has 2 aromatic carbocycles. The van der Waals surface area contributed by atoms with Crippen LogP contribution in [0.1, 0.15) is 11.1 Å². The molecule has 0 unspecified atom stereocenters. The molecule has 3 rings (SSSR count). The van der Waals surface area contributed by atoms with Crippen LogP contribution in [0.25, 0.3) is 0 Å². The van der Waals surface area contributed by atoms with Crippen molar-refractivity contribution in [1.82, 2.24) is 9.21 Å². The van der Waals surface area contributed by atoms with Gasteiger partial charge in [-0.1, -0.05) is 42.0 Å². The standard InChI is InChI=1S/C21H26FN3O3S/c1-17-7-9-18(10-8-17)15-25(29(2,27)28)16-21(26)24-13-11-23(12-14-24)20-6-4-3-5-19(20)22/h3-10H,11-16H2,1-2H3. The van der Waals surface area contributed by atoms with Gasteiger partial charge in [-0.2, -0.15) is 4.31 Å². The number of rotatable bonds is 6. The number of aryl methyl sites for hydroxylation is 1. The second-order valence-corrected chi connectivity index (χ2v) is 9.32. The van der Waals surface area contributed by atoms with E-state index in [1.54, 1.807) is 23.1 Å². The lowest BCUT2D eigenvalue weighted by molar-refractivity contribution is -0.131. The van der Waals surface area contributed by atoms with Crippen LogP contribution >= 0.6 is 0 Å². The SMILES string of the molecule is Cc1ccc(CN(CC(=O)N2CCN(c3ccccc3F)CC2)S(C)(=O)=O)cc1. The Balaban J connectivity index is 1.62. The van der Waals surface area contributed by atoms with Crippen LogP contribution in [0.2, 0.25) is 0 Å². The van der Waals surface area contributed by atoms with Crippen molar-refractivity contribution in [2.24, 2.45) is 0 Å². The predicted molar refractivity (Wildman–Crippen MR) is 112 cm³/mol. The fraction of sp³-hybridized carbons (Fsp3) is 0.381. The Hall–Kier alpha value is -2.45. The quantitative estimate of drug-likeness (QED) is 0.721. The number of benzene rings is 2. The summed E-state index contributed by atoms with van der Waals surface area (Å²) < 4.78 is 39.6. The molecule has 1 heterocycles. The van der Waals surface area contributed by atoms with Gasteiger partial charge in [0.05, 0.1) is 18.5 Å². The number of halogens is 1. The molecular weight excluding hydrogens is 393 g/mol. The van der Waals surface area contributed by atoms with Crippen molar-refractivity contribution >= 4 is 21.6 Å². The number of hydrogen-bond acceptors (Lipinski definition) is 4. The van der Waals surface area contributed by atoms with Gasteiger partial charge >= 0.3 is 0 Å². The second kappa shape index (κ2) is 8.92. The minimum Gasteiger partial charge on any atom is -0.366 e. The Kier molecular flexibility index (Phi) is 6.54. The van der Waals surface area contributed by atoms with Crippen molar-refractivity contribution in [1.29, 1.82) is 0 Å². The Bertz CT molecular complexity index is 955.